The van der Waals surface area contributed by atoms with E-state index in [-0.39, 0.29) is 22.2 Å². The number of nitrogens with zero attached hydrogens (tertiary/aromatic N) is 3. The fourth-order valence-electron chi connectivity index (χ4n) is 1.55. The molecule has 0 unspecified atom stereocenters. The summed E-state index contributed by atoms with van der Waals surface area (Å²) < 4.78 is 26.4. The average Bonchev–Trinajstić information content (AvgIpc) is 2.91. The van der Waals surface area contributed by atoms with Crippen molar-refractivity contribution in [3.8, 4) is 0 Å². The van der Waals surface area contributed by atoms with E-state index in [0.717, 1.165) is 18.2 Å². The Hall–Kier alpha value is -2.04. The van der Waals surface area contributed by atoms with Gasteiger partial charge >= 0.3 is 0 Å². The first-order chi connectivity index (χ1) is 9.90. The van der Waals surface area contributed by atoms with Gasteiger partial charge in [0.2, 0.25) is 10.0 Å². The fourth-order valence-corrected chi connectivity index (χ4v) is 3.12. The monoisotopic (exact) mass is 331 g/mol. The van der Waals surface area contributed by atoms with Crippen LogP contribution in [0.25, 0.3) is 0 Å². The zero-order valence-electron chi connectivity index (χ0n) is 10.5. The predicted octanol–water partition coefficient (Wildman–Crippen LogP) is 0.887. The molecule has 0 bridgehead atoms. The molecule has 0 atom stereocenters. The molecule has 21 heavy (non-hydrogen) atoms. The summed E-state index contributed by atoms with van der Waals surface area (Å²) in [5.41, 5.74) is -0.277. The van der Waals surface area contributed by atoms with Gasteiger partial charge in [-0.2, -0.15) is 5.10 Å². The fraction of sp³-hybridized carbons (Fsp3) is 0.200. The van der Waals surface area contributed by atoms with Crippen molar-refractivity contribution in [1.29, 1.82) is 0 Å². The zero-order chi connectivity index (χ0) is 15.5. The normalized spacial score (nSPS) is 11.5. The van der Waals surface area contributed by atoms with E-state index in [9.17, 15) is 18.5 Å². The molecule has 1 heterocycles. The van der Waals surface area contributed by atoms with Crippen molar-refractivity contribution in [1.82, 2.24) is 19.9 Å². The van der Waals surface area contributed by atoms with Crippen LogP contribution in [-0.4, -0.2) is 35.1 Å². The Morgan fingerprint density at radius 2 is 2.19 bits per heavy atom. The van der Waals surface area contributed by atoms with Crippen LogP contribution in [0.2, 0.25) is 5.02 Å². The van der Waals surface area contributed by atoms with Gasteiger partial charge in [-0.05, 0) is 6.07 Å². The standard InChI is InChI=1S/C10H10ClN5O4S/c11-8-5-7(16(17)18)1-2-9(8)21(19,20)14-4-3-10-12-6-13-15-10/h1-2,5-6,14H,3-4H2,(H,12,13,15). The van der Waals surface area contributed by atoms with Crippen LogP contribution in [0.4, 0.5) is 5.69 Å². The van der Waals surface area contributed by atoms with Crippen molar-refractivity contribution >= 4 is 27.3 Å². The van der Waals surface area contributed by atoms with Gasteiger partial charge in [0.05, 0.1) is 9.95 Å². The van der Waals surface area contributed by atoms with Gasteiger partial charge in [0.25, 0.3) is 5.69 Å². The molecule has 112 valence electrons. The van der Waals surface area contributed by atoms with Gasteiger partial charge < -0.3 is 0 Å². The second kappa shape index (κ2) is 6.16. The highest BCUT2D eigenvalue weighted by molar-refractivity contribution is 7.89. The molecule has 2 rings (SSSR count). The second-order valence-electron chi connectivity index (χ2n) is 3.95. The highest BCUT2D eigenvalue weighted by atomic mass is 35.5. The number of non-ortho nitro benzene ring substituents is 1. The lowest BCUT2D eigenvalue weighted by Crippen LogP contribution is -2.26. The Labute approximate surface area is 124 Å². The summed E-state index contributed by atoms with van der Waals surface area (Å²) in [6.07, 6.45) is 1.64. The van der Waals surface area contributed by atoms with Crippen LogP contribution in [-0.2, 0) is 16.4 Å². The lowest BCUT2D eigenvalue weighted by atomic mass is 10.3. The minimum Gasteiger partial charge on any atom is -0.263 e. The molecule has 0 aliphatic carbocycles. The Bertz CT molecular complexity index is 747. The van der Waals surface area contributed by atoms with Crippen molar-refractivity contribution < 1.29 is 13.3 Å². The van der Waals surface area contributed by atoms with Gasteiger partial charge in [-0.15, -0.1) is 0 Å². The lowest BCUT2D eigenvalue weighted by Gasteiger charge is -2.07. The summed E-state index contributed by atoms with van der Waals surface area (Å²) in [6.45, 7) is 0.0881. The first-order valence-electron chi connectivity index (χ1n) is 5.68. The molecule has 0 saturated heterocycles. The highest BCUT2D eigenvalue weighted by Gasteiger charge is 2.20. The van der Waals surface area contributed by atoms with Crippen molar-refractivity contribution in [2.45, 2.75) is 11.3 Å². The van der Waals surface area contributed by atoms with Crippen LogP contribution in [0, 0.1) is 10.1 Å². The number of nitro benzene ring substituents is 1. The number of sulfonamides is 1. The van der Waals surface area contributed by atoms with Crippen LogP contribution in [0.3, 0.4) is 0 Å². The molecule has 9 nitrogen and oxygen atoms in total. The minimum absolute atomic E-state index is 0.0881. The molecule has 0 saturated carbocycles. The van der Waals surface area contributed by atoms with Gasteiger partial charge in [0, 0.05) is 25.1 Å². The van der Waals surface area contributed by atoms with E-state index in [2.05, 4.69) is 19.9 Å². The Kier molecular flexibility index (Phi) is 4.50. The lowest BCUT2D eigenvalue weighted by molar-refractivity contribution is -0.384. The number of nitro groups is 1. The number of hydrogen-bond acceptors (Lipinski definition) is 6. The SMILES string of the molecule is O=[N+]([O-])c1ccc(S(=O)(=O)NCCc2ncn[nH]2)c(Cl)c1. The molecule has 0 spiro atoms. The van der Waals surface area contributed by atoms with Crippen molar-refractivity contribution in [3.63, 3.8) is 0 Å². The summed E-state index contributed by atoms with van der Waals surface area (Å²) in [5.74, 6) is 0.535. The summed E-state index contributed by atoms with van der Waals surface area (Å²) in [4.78, 5) is 13.6. The largest absolute Gasteiger partial charge is 0.271 e. The third-order valence-corrected chi connectivity index (χ3v) is 4.48. The second-order valence-corrected chi connectivity index (χ2v) is 6.09. The number of halogens is 1. The molecule has 0 radical (unpaired) electrons. The maximum Gasteiger partial charge on any atom is 0.271 e. The molecule has 2 N–H and O–H groups in total. The van der Waals surface area contributed by atoms with Crippen LogP contribution in [0.15, 0.2) is 29.4 Å². The smallest absolute Gasteiger partial charge is 0.263 e. The molecule has 0 aliphatic heterocycles. The van der Waals surface area contributed by atoms with Gasteiger partial charge in [-0.3, -0.25) is 15.2 Å². The number of aromatic amines is 1. The maximum atomic E-state index is 12.1. The maximum absolute atomic E-state index is 12.1. The zero-order valence-corrected chi connectivity index (χ0v) is 12.1. The number of nitrogens with one attached hydrogen (secondary N) is 2. The third-order valence-electron chi connectivity index (χ3n) is 2.53. The average molecular weight is 332 g/mol. The van der Waals surface area contributed by atoms with E-state index in [4.69, 9.17) is 11.6 Å². The van der Waals surface area contributed by atoms with Crippen LogP contribution >= 0.6 is 11.6 Å². The molecular weight excluding hydrogens is 322 g/mol. The molecule has 2 aromatic rings. The molecule has 0 amide bonds. The summed E-state index contributed by atoms with van der Waals surface area (Å²) in [6, 6.07) is 3.17. The van der Waals surface area contributed by atoms with Crippen molar-refractivity contribution in [2.24, 2.45) is 0 Å². The number of benzene rings is 1. The van der Waals surface area contributed by atoms with Crippen LogP contribution in [0.5, 0.6) is 0 Å². The predicted molar refractivity (Wildman–Crippen MR) is 73.4 cm³/mol. The van der Waals surface area contributed by atoms with E-state index >= 15 is 0 Å². The first kappa shape index (κ1) is 15.4. The Balaban J connectivity index is 2.10. The Morgan fingerprint density at radius 3 is 2.76 bits per heavy atom. The van der Waals surface area contributed by atoms with E-state index in [1.807, 2.05) is 0 Å². The minimum atomic E-state index is -3.85. The van der Waals surface area contributed by atoms with Crippen molar-refractivity contribution in [3.05, 3.63) is 45.5 Å². The summed E-state index contributed by atoms with van der Waals surface area (Å²) >= 11 is 5.78. The van der Waals surface area contributed by atoms with Gasteiger partial charge in [0.15, 0.2) is 0 Å². The molecule has 1 aromatic heterocycles. The van der Waals surface area contributed by atoms with Gasteiger partial charge in [-0.1, -0.05) is 11.6 Å². The van der Waals surface area contributed by atoms with Gasteiger partial charge in [-0.25, -0.2) is 18.1 Å². The highest BCUT2D eigenvalue weighted by Crippen LogP contribution is 2.25. The molecule has 0 fully saturated rings. The number of aromatic nitrogens is 3. The first-order valence-corrected chi connectivity index (χ1v) is 7.54. The molecule has 1 aromatic carbocycles. The van der Waals surface area contributed by atoms with Crippen LogP contribution in [0.1, 0.15) is 5.82 Å². The topological polar surface area (TPSA) is 131 Å². The van der Waals surface area contributed by atoms with Gasteiger partial charge in [0.1, 0.15) is 17.0 Å². The quantitative estimate of drug-likeness (QED) is 0.597. The summed E-state index contributed by atoms with van der Waals surface area (Å²) in [5, 5.41) is 16.6. The van der Waals surface area contributed by atoms with Crippen LogP contribution < -0.4 is 4.72 Å². The number of hydrogen-bond donors (Lipinski definition) is 2. The number of rotatable bonds is 6. The van der Waals surface area contributed by atoms with E-state index < -0.39 is 14.9 Å². The molecule has 11 heteroatoms. The van der Waals surface area contributed by atoms with E-state index in [1.54, 1.807) is 0 Å². The Morgan fingerprint density at radius 1 is 1.43 bits per heavy atom. The van der Waals surface area contributed by atoms with E-state index in [1.165, 1.54) is 6.33 Å². The number of H-pyrrole nitrogens is 1. The summed E-state index contributed by atoms with van der Waals surface area (Å²) in [7, 11) is -3.85. The molecular formula is C10H10ClN5O4S. The third kappa shape index (κ3) is 3.74. The molecule has 0 aliphatic rings. The van der Waals surface area contributed by atoms with E-state index in [0.29, 0.717) is 12.2 Å². The van der Waals surface area contributed by atoms with Crippen molar-refractivity contribution in [2.75, 3.05) is 6.54 Å².